The van der Waals surface area contributed by atoms with Crippen LogP contribution in [0.1, 0.15) is 57.1 Å². The van der Waals surface area contributed by atoms with Crippen molar-refractivity contribution in [2.45, 2.75) is 71.0 Å². The Labute approximate surface area is 212 Å². The molecule has 1 aliphatic carbocycles. The number of imidazole rings is 1. The summed E-state index contributed by atoms with van der Waals surface area (Å²) in [7, 11) is 3.71. The van der Waals surface area contributed by atoms with Crippen LogP contribution in [-0.4, -0.2) is 36.9 Å². The van der Waals surface area contributed by atoms with Crippen molar-refractivity contribution >= 4 is 29.4 Å². The summed E-state index contributed by atoms with van der Waals surface area (Å²) in [4.78, 5) is 29.8. The number of carbonyl (C=O) groups excluding carboxylic acids is 1. The number of nitrogens with zero attached hydrogens (tertiary/aromatic N) is 3. The van der Waals surface area contributed by atoms with E-state index in [0.29, 0.717) is 18.4 Å². The molecule has 3 aromatic rings. The summed E-state index contributed by atoms with van der Waals surface area (Å²) >= 11 is 0. The van der Waals surface area contributed by atoms with E-state index in [4.69, 9.17) is 9.72 Å². The van der Waals surface area contributed by atoms with Gasteiger partial charge >= 0.3 is 5.97 Å². The van der Waals surface area contributed by atoms with E-state index in [-0.39, 0.29) is 30.0 Å². The van der Waals surface area contributed by atoms with Gasteiger partial charge in [-0.2, -0.15) is 0 Å². The minimum atomic E-state index is -1.15. The van der Waals surface area contributed by atoms with Crippen molar-refractivity contribution in [3.63, 3.8) is 0 Å². The molecule has 0 unspecified atom stereocenters. The fourth-order valence-corrected chi connectivity index (χ4v) is 4.98. The molecule has 0 radical (unpaired) electrons. The van der Waals surface area contributed by atoms with Crippen LogP contribution in [0.5, 0.6) is 0 Å². The summed E-state index contributed by atoms with van der Waals surface area (Å²) in [5, 5.41) is 10.7. The molecule has 190 valence electrons. The number of carbonyl (C=O) groups is 1. The van der Waals surface area contributed by atoms with Gasteiger partial charge in [0.25, 0.3) is 5.56 Å². The predicted molar refractivity (Wildman–Crippen MR) is 140 cm³/mol. The van der Waals surface area contributed by atoms with Crippen LogP contribution in [0.2, 0.25) is 0 Å². The Morgan fingerprint density at radius 1 is 1.23 bits per heavy atom. The molecule has 1 N–H and O–H groups in total. The molecule has 0 amide bonds. The molecule has 7 nitrogen and oxygen atoms in total. The lowest BCUT2D eigenvalue weighted by molar-refractivity contribution is -0.162. The number of ether oxygens (including phenoxy) is 1. The van der Waals surface area contributed by atoms with Crippen molar-refractivity contribution in [1.29, 1.82) is 0 Å². The first-order valence-electron chi connectivity index (χ1n) is 12.1. The molecule has 35 heavy (non-hydrogen) atoms. The van der Waals surface area contributed by atoms with E-state index in [1.807, 2.05) is 42.8 Å². The fourth-order valence-electron chi connectivity index (χ4n) is 4.98. The molecule has 1 fully saturated rings. The number of aromatic nitrogens is 3. The zero-order chi connectivity index (χ0) is 24.6. The number of aliphatic hydroxyl groups is 1. The number of hydrogen-bond donors (Lipinski definition) is 1. The zero-order valence-corrected chi connectivity index (χ0v) is 22.0. The third-order valence-corrected chi connectivity index (χ3v) is 7.01. The van der Waals surface area contributed by atoms with Gasteiger partial charge in [0.2, 0.25) is 0 Å². The van der Waals surface area contributed by atoms with Gasteiger partial charge in [-0.25, -0.2) is 4.98 Å². The third-order valence-electron chi connectivity index (χ3n) is 7.01. The third kappa shape index (κ3) is 5.78. The topological polar surface area (TPSA) is 86.3 Å². The molecule has 0 spiro atoms. The summed E-state index contributed by atoms with van der Waals surface area (Å²) in [5.74, 6) is -0.0947. The van der Waals surface area contributed by atoms with Gasteiger partial charge in [0.15, 0.2) is 0 Å². The number of halogens is 1. The first-order chi connectivity index (χ1) is 16.0. The van der Waals surface area contributed by atoms with E-state index in [0.717, 1.165) is 53.7 Å². The van der Waals surface area contributed by atoms with E-state index in [1.165, 1.54) is 0 Å². The van der Waals surface area contributed by atoms with Crippen molar-refractivity contribution in [1.82, 2.24) is 14.1 Å². The van der Waals surface area contributed by atoms with Gasteiger partial charge in [-0.3, -0.25) is 9.59 Å². The van der Waals surface area contributed by atoms with Crippen LogP contribution < -0.4 is 5.56 Å². The molecular weight excluding hydrogens is 466 g/mol. The van der Waals surface area contributed by atoms with Gasteiger partial charge in [-0.15, -0.1) is 12.4 Å². The van der Waals surface area contributed by atoms with Crippen molar-refractivity contribution in [3.8, 4) is 11.4 Å². The molecule has 1 aromatic carbocycles. The van der Waals surface area contributed by atoms with Gasteiger partial charge in [0.05, 0.1) is 22.6 Å². The van der Waals surface area contributed by atoms with Gasteiger partial charge < -0.3 is 19.0 Å². The Hall–Kier alpha value is -2.64. The summed E-state index contributed by atoms with van der Waals surface area (Å²) in [6.07, 6.45) is 6.95. The molecule has 0 bridgehead atoms. The van der Waals surface area contributed by atoms with Gasteiger partial charge in [0.1, 0.15) is 11.9 Å². The summed E-state index contributed by atoms with van der Waals surface area (Å²) in [5.41, 5.74) is 3.29. The minimum absolute atomic E-state index is 0. The highest BCUT2D eigenvalue weighted by molar-refractivity contribution is 5.85. The number of fused-ring (bicyclic) bond motifs is 1. The molecule has 1 atom stereocenters. The maximum atomic E-state index is 12.8. The van der Waals surface area contributed by atoms with Gasteiger partial charge in [0, 0.05) is 31.4 Å². The molecule has 8 heteroatoms. The molecular formula is C27H36ClN3O4. The molecule has 1 saturated carbocycles. The molecule has 4 rings (SSSR count). The average molecular weight is 502 g/mol. The largest absolute Gasteiger partial charge is 0.462 e. The summed E-state index contributed by atoms with van der Waals surface area (Å²) in [6.45, 7) is 5.16. The lowest BCUT2D eigenvalue weighted by atomic mass is 9.86. The SMILES string of the molecule is Cc1cc(-c2nc3cc(CC[C@H](C(=O)OC4CCCC4)C(C)(C)O)ccc3n2C)cn(C)c1=O.Cl. The number of esters is 1. The van der Waals surface area contributed by atoms with Gasteiger partial charge in [-0.05, 0) is 83.1 Å². The van der Waals surface area contributed by atoms with E-state index in [2.05, 4.69) is 0 Å². The second-order valence-electron chi connectivity index (χ2n) is 10.2. The Bertz CT molecular complexity index is 1240. The van der Waals surface area contributed by atoms with Crippen LogP contribution in [0, 0.1) is 12.8 Å². The van der Waals surface area contributed by atoms with E-state index in [1.54, 1.807) is 31.7 Å². The van der Waals surface area contributed by atoms with Crippen LogP contribution in [0.15, 0.2) is 35.3 Å². The highest BCUT2D eigenvalue weighted by atomic mass is 35.5. The highest BCUT2D eigenvalue weighted by Crippen LogP contribution is 2.29. The lowest BCUT2D eigenvalue weighted by Crippen LogP contribution is -2.39. The molecule has 2 heterocycles. The summed E-state index contributed by atoms with van der Waals surface area (Å²) < 4.78 is 9.32. The fraction of sp³-hybridized carbons (Fsp3) is 0.519. The lowest BCUT2D eigenvalue weighted by Gasteiger charge is -2.28. The highest BCUT2D eigenvalue weighted by Gasteiger charge is 2.36. The molecule has 0 aliphatic heterocycles. The van der Waals surface area contributed by atoms with Gasteiger partial charge in [-0.1, -0.05) is 6.07 Å². The number of aryl methyl sites for hydroxylation is 4. The molecule has 2 aromatic heterocycles. The number of pyridine rings is 1. The molecule has 1 aliphatic rings. The van der Waals surface area contributed by atoms with Crippen molar-refractivity contribution in [3.05, 3.63) is 51.9 Å². The van der Waals surface area contributed by atoms with E-state index < -0.39 is 11.5 Å². The minimum Gasteiger partial charge on any atom is -0.462 e. The predicted octanol–water partition coefficient (Wildman–Crippen LogP) is 4.47. The van der Waals surface area contributed by atoms with Crippen LogP contribution in [-0.2, 0) is 30.0 Å². The van der Waals surface area contributed by atoms with Crippen molar-refractivity contribution in [2.24, 2.45) is 20.0 Å². The van der Waals surface area contributed by atoms with E-state index in [9.17, 15) is 14.7 Å². The Balaban J connectivity index is 0.00000342. The quantitative estimate of drug-likeness (QED) is 0.482. The second kappa shape index (κ2) is 10.5. The maximum absolute atomic E-state index is 12.8. The average Bonchev–Trinajstić information content (AvgIpc) is 3.38. The normalized spacial score (nSPS) is 15.3. The molecule has 0 saturated heterocycles. The zero-order valence-electron chi connectivity index (χ0n) is 21.2. The first-order valence-corrected chi connectivity index (χ1v) is 12.1. The number of rotatable bonds is 7. The maximum Gasteiger partial charge on any atom is 0.312 e. The standard InChI is InChI=1S/C27H35N3O4.ClH/c1-17-14-19(16-29(4)25(17)31)24-28-22-15-18(11-13-23(22)30(24)5)10-12-21(27(2,3)33)26(32)34-20-8-6-7-9-20;/h11,13-16,20-21,33H,6-10,12H2,1-5H3;1H/t21-;/m1./s1. The van der Waals surface area contributed by atoms with Crippen molar-refractivity contribution in [2.75, 3.05) is 0 Å². The monoisotopic (exact) mass is 501 g/mol. The van der Waals surface area contributed by atoms with Crippen LogP contribution in [0.4, 0.5) is 0 Å². The Morgan fingerprint density at radius 2 is 1.91 bits per heavy atom. The Morgan fingerprint density at radius 3 is 2.54 bits per heavy atom. The second-order valence-corrected chi connectivity index (χ2v) is 10.2. The van der Waals surface area contributed by atoms with Crippen molar-refractivity contribution < 1.29 is 14.6 Å². The first kappa shape index (κ1) is 27.0. The number of hydrogen-bond acceptors (Lipinski definition) is 5. The summed E-state index contributed by atoms with van der Waals surface area (Å²) in [6, 6.07) is 7.99. The number of benzene rings is 1. The Kier molecular flexibility index (Phi) is 8.12. The van der Waals surface area contributed by atoms with Crippen LogP contribution in [0.3, 0.4) is 0 Å². The van der Waals surface area contributed by atoms with E-state index >= 15 is 0 Å². The van der Waals surface area contributed by atoms with Crippen LogP contribution in [0.25, 0.3) is 22.4 Å². The van der Waals surface area contributed by atoms with Crippen LogP contribution >= 0.6 is 12.4 Å². The smallest absolute Gasteiger partial charge is 0.312 e.